The lowest BCUT2D eigenvalue weighted by molar-refractivity contribution is 0.243. The first-order valence-electron chi connectivity index (χ1n) is 5.80. The minimum absolute atomic E-state index is 0.0820. The van der Waals surface area contributed by atoms with Crippen LogP contribution in [0.2, 0.25) is 5.02 Å². The summed E-state index contributed by atoms with van der Waals surface area (Å²) < 4.78 is 13.4. The summed E-state index contributed by atoms with van der Waals surface area (Å²) in [5.74, 6) is -0.479. The summed E-state index contributed by atoms with van der Waals surface area (Å²) in [7, 11) is 0. The highest BCUT2D eigenvalue weighted by atomic mass is 35.5. The maximum atomic E-state index is 13.4. The molecule has 1 aromatic heterocycles. The van der Waals surface area contributed by atoms with Crippen molar-refractivity contribution in [2.45, 2.75) is 19.5 Å². The summed E-state index contributed by atoms with van der Waals surface area (Å²) in [6.07, 6.45) is 1.80. The second-order valence-electron chi connectivity index (χ2n) is 4.14. The van der Waals surface area contributed by atoms with Crippen LogP contribution in [-0.2, 0) is 6.54 Å². The zero-order valence-electron chi connectivity index (χ0n) is 10.4. The molecule has 1 atom stereocenters. The van der Waals surface area contributed by atoms with Crippen molar-refractivity contribution < 1.29 is 9.50 Å². The molecular formula is C13H14ClFN2OS. The first-order chi connectivity index (χ1) is 9.10. The molecule has 102 valence electrons. The molecule has 0 spiro atoms. The van der Waals surface area contributed by atoms with E-state index in [0.717, 1.165) is 9.88 Å². The summed E-state index contributed by atoms with van der Waals surface area (Å²) in [4.78, 5) is 5.23. The first kappa shape index (κ1) is 14.4. The average molecular weight is 301 g/mol. The molecule has 3 nitrogen and oxygen atoms in total. The van der Waals surface area contributed by atoms with Crippen molar-refractivity contribution >= 4 is 22.9 Å². The van der Waals surface area contributed by atoms with Gasteiger partial charge < -0.3 is 10.4 Å². The lowest BCUT2D eigenvalue weighted by Gasteiger charge is -2.16. The number of aromatic nitrogens is 1. The number of aliphatic hydroxyl groups excluding tert-OH is 1. The van der Waals surface area contributed by atoms with Gasteiger partial charge in [-0.05, 0) is 24.6 Å². The Kier molecular flexibility index (Phi) is 4.87. The zero-order chi connectivity index (χ0) is 13.8. The van der Waals surface area contributed by atoms with Gasteiger partial charge in [0.05, 0.1) is 22.7 Å². The number of aliphatic hydroxyl groups is 1. The van der Waals surface area contributed by atoms with E-state index in [1.54, 1.807) is 23.6 Å². The predicted molar refractivity (Wildman–Crippen MR) is 74.9 cm³/mol. The molecule has 0 saturated heterocycles. The fourth-order valence-electron chi connectivity index (χ4n) is 1.73. The lowest BCUT2D eigenvalue weighted by atomic mass is 10.1. The molecular weight excluding hydrogens is 287 g/mol. The summed E-state index contributed by atoms with van der Waals surface area (Å²) in [5, 5.41) is 13.6. The molecule has 2 aromatic rings. The van der Waals surface area contributed by atoms with E-state index in [2.05, 4.69) is 10.3 Å². The molecule has 2 N–H and O–H groups in total. The maximum Gasteiger partial charge on any atom is 0.142 e. The summed E-state index contributed by atoms with van der Waals surface area (Å²) in [5.41, 5.74) is 0.672. The van der Waals surface area contributed by atoms with Crippen LogP contribution in [0.25, 0.3) is 0 Å². The van der Waals surface area contributed by atoms with Crippen molar-refractivity contribution in [2.75, 3.05) is 6.61 Å². The van der Waals surface area contributed by atoms with Crippen LogP contribution in [0.4, 0.5) is 4.39 Å². The Labute approximate surface area is 120 Å². The fraction of sp³-hybridized carbons (Fsp3) is 0.308. The third kappa shape index (κ3) is 3.73. The number of halogens is 2. The van der Waals surface area contributed by atoms with Crippen molar-refractivity contribution in [3.05, 3.63) is 50.7 Å². The maximum absolute atomic E-state index is 13.4. The van der Waals surface area contributed by atoms with Gasteiger partial charge in [-0.25, -0.2) is 9.37 Å². The fourth-order valence-corrected chi connectivity index (χ4v) is 2.59. The third-order valence-electron chi connectivity index (χ3n) is 2.72. The van der Waals surface area contributed by atoms with Crippen molar-refractivity contribution in [3.8, 4) is 0 Å². The number of benzene rings is 1. The molecule has 0 fully saturated rings. The van der Waals surface area contributed by atoms with Crippen molar-refractivity contribution in [2.24, 2.45) is 0 Å². The van der Waals surface area contributed by atoms with E-state index in [4.69, 9.17) is 11.6 Å². The normalized spacial score (nSPS) is 12.6. The van der Waals surface area contributed by atoms with Gasteiger partial charge in [0.25, 0.3) is 0 Å². The van der Waals surface area contributed by atoms with Crippen LogP contribution >= 0.6 is 22.9 Å². The quantitative estimate of drug-likeness (QED) is 0.892. The lowest BCUT2D eigenvalue weighted by Crippen LogP contribution is -2.23. The molecule has 19 heavy (non-hydrogen) atoms. The second kappa shape index (κ2) is 6.43. The smallest absolute Gasteiger partial charge is 0.142 e. The summed E-state index contributed by atoms with van der Waals surface area (Å²) in [6.45, 7) is 2.41. The number of aryl methyl sites for hydroxylation is 1. The van der Waals surface area contributed by atoms with E-state index in [1.165, 1.54) is 12.1 Å². The average Bonchev–Trinajstić information content (AvgIpc) is 2.80. The molecule has 1 heterocycles. The van der Waals surface area contributed by atoms with Crippen LogP contribution < -0.4 is 5.32 Å². The molecule has 6 heteroatoms. The van der Waals surface area contributed by atoms with Crippen molar-refractivity contribution in [1.29, 1.82) is 0 Å². The highest BCUT2D eigenvalue weighted by Gasteiger charge is 2.12. The van der Waals surface area contributed by atoms with Gasteiger partial charge in [0.1, 0.15) is 5.82 Å². The number of hydrogen-bond acceptors (Lipinski definition) is 4. The predicted octanol–water partition coefficient (Wildman–Crippen LogP) is 3.07. The molecule has 0 aliphatic rings. The van der Waals surface area contributed by atoms with Crippen molar-refractivity contribution in [1.82, 2.24) is 10.3 Å². The van der Waals surface area contributed by atoms with E-state index >= 15 is 0 Å². The Morgan fingerprint density at radius 1 is 1.53 bits per heavy atom. The largest absolute Gasteiger partial charge is 0.394 e. The molecule has 1 unspecified atom stereocenters. The van der Waals surface area contributed by atoms with Crippen LogP contribution in [-0.4, -0.2) is 16.7 Å². The Hall–Kier alpha value is -1.01. The molecule has 2 rings (SSSR count). The minimum atomic E-state index is -0.479. The molecule has 0 bridgehead atoms. The minimum Gasteiger partial charge on any atom is -0.394 e. The number of rotatable bonds is 5. The number of hydrogen-bond donors (Lipinski definition) is 2. The Bertz CT molecular complexity index is 561. The Balaban J connectivity index is 2.05. The second-order valence-corrected chi connectivity index (χ2v) is 5.86. The van der Waals surface area contributed by atoms with Gasteiger partial charge in [-0.1, -0.05) is 17.7 Å². The topological polar surface area (TPSA) is 45.2 Å². The zero-order valence-corrected chi connectivity index (χ0v) is 11.9. The monoisotopic (exact) mass is 300 g/mol. The molecule has 0 radical (unpaired) electrons. The third-order valence-corrected chi connectivity index (χ3v) is 3.94. The van der Waals surface area contributed by atoms with Crippen LogP contribution in [0.3, 0.4) is 0 Å². The van der Waals surface area contributed by atoms with Crippen LogP contribution in [0.5, 0.6) is 0 Å². The first-order valence-corrected chi connectivity index (χ1v) is 7.00. The van der Waals surface area contributed by atoms with Crippen LogP contribution in [0.15, 0.2) is 24.4 Å². The highest BCUT2D eigenvalue weighted by Crippen LogP contribution is 2.21. The molecule has 0 aliphatic carbocycles. The van der Waals surface area contributed by atoms with Gasteiger partial charge >= 0.3 is 0 Å². The van der Waals surface area contributed by atoms with E-state index in [-0.39, 0.29) is 17.7 Å². The molecule has 1 aromatic carbocycles. The highest BCUT2D eigenvalue weighted by molar-refractivity contribution is 7.11. The van der Waals surface area contributed by atoms with E-state index in [0.29, 0.717) is 12.1 Å². The van der Waals surface area contributed by atoms with E-state index in [9.17, 15) is 9.50 Å². The van der Waals surface area contributed by atoms with E-state index < -0.39 is 5.82 Å². The molecule has 0 aliphatic heterocycles. The number of nitrogens with one attached hydrogen (secondary N) is 1. The van der Waals surface area contributed by atoms with Gasteiger partial charge in [0, 0.05) is 17.6 Å². The van der Waals surface area contributed by atoms with Gasteiger partial charge in [0.2, 0.25) is 0 Å². The number of nitrogens with zero attached hydrogens (tertiary/aromatic N) is 1. The van der Waals surface area contributed by atoms with Gasteiger partial charge in [-0.3, -0.25) is 0 Å². The Morgan fingerprint density at radius 2 is 2.32 bits per heavy atom. The molecule has 0 amide bonds. The molecule has 0 saturated carbocycles. The standard InChI is InChI=1S/C13H14ClFN2OS/c1-8-16-5-10(19-8)6-17-13(7-18)9-2-3-11(14)12(15)4-9/h2-5,13,17-18H,6-7H2,1H3. The van der Waals surface area contributed by atoms with Gasteiger partial charge in [-0.15, -0.1) is 11.3 Å². The number of thiazole rings is 1. The summed E-state index contributed by atoms with van der Waals surface area (Å²) >= 11 is 7.23. The van der Waals surface area contributed by atoms with Gasteiger partial charge in [-0.2, -0.15) is 0 Å². The van der Waals surface area contributed by atoms with Crippen molar-refractivity contribution in [3.63, 3.8) is 0 Å². The van der Waals surface area contributed by atoms with E-state index in [1.807, 2.05) is 6.92 Å². The summed E-state index contributed by atoms with van der Waals surface area (Å²) in [6, 6.07) is 4.22. The Morgan fingerprint density at radius 3 is 2.89 bits per heavy atom. The van der Waals surface area contributed by atoms with Crippen LogP contribution in [0, 0.1) is 12.7 Å². The van der Waals surface area contributed by atoms with Crippen LogP contribution in [0.1, 0.15) is 21.5 Å². The SMILES string of the molecule is Cc1ncc(CNC(CO)c2ccc(Cl)c(F)c2)s1. The van der Waals surface area contributed by atoms with Gasteiger partial charge in [0.15, 0.2) is 0 Å².